The van der Waals surface area contributed by atoms with E-state index in [4.69, 9.17) is 19.9 Å². The summed E-state index contributed by atoms with van der Waals surface area (Å²) in [5.74, 6) is -4.19. The van der Waals surface area contributed by atoms with Gasteiger partial charge in [-0.3, -0.25) is 10.5 Å². The Kier molecular flexibility index (Phi) is 4.97. The van der Waals surface area contributed by atoms with E-state index in [-0.39, 0.29) is 11.3 Å². The fraction of sp³-hybridized carbons (Fsp3) is 0.429. The molecule has 1 fully saturated rings. The van der Waals surface area contributed by atoms with E-state index in [1.54, 1.807) is 0 Å². The molecule has 1 heterocycles. The number of benzene rings is 1. The van der Waals surface area contributed by atoms with E-state index in [1.165, 1.54) is 24.3 Å². The molecule has 1 aromatic rings. The van der Waals surface area contributed by atoms with E-state index in [0.29, 0.717) is 0 Å². The highest BCUT2D eigenvalue weighted by Crippen LogP contribution is 2.26. The number of hydrogen-bond donors (Lipinski definition) is 4. The average Bonchev–Trinajstić information content (AvgIpc) is 2.48. The number of aliphatic hydroxyl groups is 3. The van der Waals surface area contributed by atoms with Crippen molar-refractivity contribution in [3.8, 4) is 5.75 Å². The molecule has 23 heavy (non-hydrogen) atoms. The van der Waals surface area contributed by atoms with Crippen LogP contribution in [0, 0.1) is 0 Å². The molecule has 0 bridgehead atoms. The van der Waals surface area contributed by atoms with E-state index in [1.807, 2.05) is 0 Å². The largest absolute Gasteiger partial charge is 0.448 e. The van der Waals surface area contributed by atoms with Crippen LogP contribution in [-0.4, -0.2) is 58.1 Å². The summed E-state index contributed by atoms with van der Waals surface area (Å²) in [5.41, 5.74) is 5.30. The third kappa shape index (κ3) is 3.84. The molecule has 9 nitrogen and oxygen atoms in total. The molecule has 9 heteroatoms. The minimum Gasteiger partial charge on any atom is -0.448 e. The highest BCUT2D eigenvalue weighted by molar-refractivity contribution is 5.93. The first kappa shape index (κ1) is 17.3. The average molecular weight is 327 g/mol. The summed E-state index contributed by atoms with van der Waals surface area (Å²) in [5, 5.41) is 29.2. The van der Waals surface area contributed by atoms with Crippen LogP contribution in [0.25, 0.3) is 0 Å². The number of aliphatic hydroxyl groups excluding tert-OH is 2. The van der Waals surface area contributed by atoms with Crippen molar-refractivity contribution in [3.05, 3.63) is 29.8 Å². The molecular formula is C14H17NO8. The number of nitrogens with two attached hydrogens (primary N) is 1. The van der Waals surface area contributed by atoms with Gasteiger partial charge in [-0.15, -0.1) is 0 Å². The summed E-state index contributed by atoms with van der Waals surface area (Å²) in [6.45, 7) is 0.738. The molecule has 5 N–H and O–H groups in total. The van der Waals surface area contributed by atoms with Crippen LogP contribution >= 0.6 is 0 Å². The van der Waals surface area contributed by atoms with Crippen molar-refractivity contribution < 1.29 is 39.1 Å². The predicted octanol–water partition coefficient (Wildman–Crippen LogP) is -1.51. The Morgan fingerprint density at radius 1 is 1.35 bits per heavy atom. The molecule has 4 atom stereocenters. The van der Waals surface area contributed by atoms with E-state index in [2.05, 4.69) is 0 Å². The van der Waals surface area contributed by atoms with Crippen LogP contribution in [0.3, 0.4) is 0 Å². The summed E-state index contributed by atoms with van der Waals surface area (Å²) in [6.07, 6.45) is -4.77. The summed E-state index contributed by atoms with van der Waals surface area (Å²) in [4.78, 5) is 23.3. The number of carbonyl (C=O) groups is 2. The Bertz CT molecular complexity index is 602. The first-order chi connectivity index (χ1) is 10.7. The van der Waals surface area contributed by atoms with Gasteiger partial charge in [-0.2, -0.15) is 0 Å². The van der Waals surface area contributed by atoms with Crippen LogP contribution < -0.4 is 10.5 Å². The molecule has 1 aliphatic rings. The fourth-order valence-corrected chi connectivity index (χ4v) is 2.06. The van der Waals surface area contributed by atoms with E-state index >= 15 is 0 Å². The van der Waals surface area contributed by atoms with E-state index < -0.39 is 42.8 Å². The molecule has 0 amide bonds. The molecule has 1 aromatic carbocycles. The lowest BCUT2D eigenvalue weighted by molar-refractivity contribution is -0.317. The summed E-state index contributed by atoms with van der Waals surface area (Å²) in [6, 6.07) is 5.73. The molecule has 1 aliphatic heterocycles. The first-order valence-corrected chi connectivity index (χ1v) is 6.72. The van der Waals surface area contributed by atoms with Crippen LogP contribution in [0.15, 0.2) is 24.3 Å². The van der Waals surface area contributed by atoms with E-state index in [9.17, 15) is 24.9 Å². The van der Waals surface area contributed by atoms with Crippen LogP contribution in [0.5, 0.6) is 5.75 Å². The van der Waals surface area contributed by atoms with Gasteiger partial charge in [0.15, 0.2) is 6.10 Å². The Labute approximate surface area is 131 Å². The maximum atomic E-state index is 12.2. The normalized spacial score (nSPS) is 30.6. The van der Waals surface area contributed by atoms with Crippen molar-refractivity contribution in [2.45, 2.75) is 31.1 Å². The van der Waals surface area contributed by atoms with Crippen molar-refractivity contribution >= 4 is 11.9 Å². The summed E-state index contributed by atoms with van der Waals surface area (Å²) in [7, 11) is 0. The van der Waals surface area contributed by atoms with Gasteiger partial charge in [0, 0.05) is 6.92 Å². The van der Waals surface area contributed by atoms with Crippen LogP contribution in [0.1, 0.15) is 17.3 Å². The number of ether oxygens (including phenoxy) is 3. The minimum atomic E-state index is -2.47. The summed E-state index contributed by atoms with van der Waals surface area (Å²) >= 11 is 0. The maximum absolute atomic E-state index is 12.2. The maximum Gasteiger partial charge on any atom is 0.342 e. The lowest BCUT2D eigenvalue weighted by Gasteiger charge is -2.40. The molecular weight excluding hydrogens is 310 g/mol. The zero-order valence-corrected chi connectivity index (χ0v) is 12.2. The standard InChI is InChI=1S/C14H17NO8/c1-7(16)22-10-5-3-2-4-8(10)13(19)23-12-11(18)9(17)6-21-14(12,15)20/h2-5,9,11-12,17-18,20H,6,15H2,1H3/t9-,11+,12-,14?/m1/s1. The van der Waals surface area contributed by atoms with Crippen LogP contribution in [-0.2, 0) is 14.3 Å². The molecule has 1 saturated heterocycles. The van der Waals surface area contributed by atoms with Crippen molar-refractivity contribution in [2.75, 3.05) is 6.61 Å². The van der Waals surface area contributed by atoms with Gasteiger partial charge in [-0.1, -0.05) is 12.1 Å². The third-order valence-electron chi connectivity index (χ3n) is 3.19. The Morgan fingerprint density at radius 3 is 2.65 bits per heavy atom. The zero-order chi connectivity index (χ0) is 17.2. The van der Waals surface area contributed by atoms with Gasteiger partial charge in [0.25, 0.3) is 5.91 Å². The van der Waals surface area contributed by atoms with Crippen LogP contribution in [0.4, 0.5) is 0 Å². The molecule has 0 aromatic heterocycles. The second-order valence-electron chi connectivity index (χ2n) is 5.04. The number of rotatable bonds is 3. The Balaban J connectivity index is 2.23. The number of para-hydroxylation sites is 1. The molecule has 126 valence electrons. The van der Waals surface area contributed by atoms with Gasteiger partial charge in [0.05, 0.1) is 6.61 Å². The van der Waals surface area contributed by atoms with E-state index in [0.717, 1.165) is 6.92 Å². The number of carbonyl (C=O) groups excluding carboxylic acids is 2. The topological polar surface area (TPSA) is 149 Å². The predicted molar refractivity (Wildman–Crippen MR) is 74.1 cm³/mol. The summed E-state index contributed by atoms with van der Waals surface area (Å²) < 4.78 is 14.6. The van der Waals surface area contributed by atoms with Gasteiger partial charge in [-0.05, 0) is 12.1 Å². The molecule has 0 radical (unpaired) electrons. The van der Waals surface area contributed by atoms with Crippen molar-refractivity contribution in [1.82, 2.24) is 0 Å². The highest BCUT2D eigenvalue weighted by atomic mass is 16.7. The smallest absolute Gasteiger partial charge is 0.342 e. The first-order valence-electron chi connectivity index (χ1n) is 6.72. The van der Waals surface area contributed by atoms with Gasteiger partial charge in [0.1, 0.15) is 23.5 Å². The number of hydrogen-bond acceptors (Lipinski definition) is 9. The molecule has 2 rings (SSSR count). The van der Waals surface area contributed by atoms with Crippen molar-refractivity contribution in [1.29, 1.82) is 0 Å². The van der Waals surface area contributed by atoms with Gasteiger partial charge in [0.2, 0.25) is 0 Å². The number of esters is 2. The monoisotopic (exact) mass is 327 g/mol. The second-order valence-corrected chi connectivity index (χ2v) is 5.04. The Hall–Kier alpha value is -2.04. The lowest BCUT2D eigenvalue weighted by atomic mass is 10.0. The minimum absolute atomic E-state index is 0.0580. The SMILES string of the molecule is CC(=O)Oc1ccccc1C(=O)O[C@@H]1[C@@H](O)[C@H](O)COC1(N)O. The quantitative estimate of drug-likeness (QED) is 0.295. The van der Waals surface area contributed by atoms with Crippen molar-refractivity contribution in [3.63, 3.8) is 0 Å². The van der Waals surface area contributed by atoms with Gasteiger partial charge < -0.3 is 29.5 Å². The third-order valence-corrected chi connectivity index (χ3v) is 3.19. The zero-order valence-electron chi connectivity index (χ0n) is 12.2. The van der Waals surface area contributed by atoms with Gasteiger partial charge in [-0.25, -0.2) is 4.79 Å². The van der Waals surface area contributed by atoms with Crippen LogP contribution in [0.2, 0.25) is 0 Å². The van der Waals surface area contributed by atoms with Gasteiger partial charge >= 0.3 is 11.9 Å². The fourth-order valence-electron chi connectivity index (χ4n) is 2.06. The molecule has 0 aliphatic carbocycles. The Morgan fingerprint density at radius 2 is 2.00 bits per heavy atom. The van der Waals surface area contributed by atoms with Crippen molar-refractivity contribution in [2.24, 2.45) is 5.73 Å². The second kappa shape index (κ2) is 6.60. The molecule has 0 spiro atoms. The molecule has 1 unspecified atom stereocenters. The molecule has 0 saturated carbocycles. The lowest BCUT2D eigenvalue weighted by Crippen LogP contribution is -2.66. The highest BCUT2D eigenvalue weighted by Gasteiger charge is 2.50.